The SMILES string of the molecule is Cc1ccc(CN(C(=O)CN(c2cc(Cl)ccc2Cl)S(C)(=O)=O)C(Cc2ccccc2)C(=O)NCC(C)C)cc1. The van der Waals surface area contributed by atoms with Crippen LogP contribution in [0.4, 0.5) is 5.69 Å². The van der Waals surface area contributed by atoms with Gasteiger partial charge in [0.1, 0.15) is 12.6 Å². The monoisotopic (exact) mass is 603 g/mol. The van der Waals surface area contributed by atoms with Crippen LogP contribution in [0.25, 0.3) is 0 Å². The highest BCUT2D eigenvalue weighted by molar-refractivity contribution is 7.92. The van der Waals surface area contributed by atoms with Crippen LogP contribution in [0, 0.1) is 12.8 Å². The Morgan fingerprint density at radius 2 is 1.57 bits per heavy atom. The lowest BCUT2D eigenvalue weighted by atomic mass is 10.0. The molecule has 1 atom stereocenters. The first-order valence-electron chi connectivity index (χ1n) is 12.9. The molecule has 0 heterocycles. The summed E-state index contributed by atoms with van der Waals surface area (Å²) in [6, 6.07) is 20.6. The fourth-order valence-corrected chi connectivity index (χ4v) is 5.43. The van der Waals surface area contributed by atoms with Crippen LogP contribution in [0.15, 0.2) is 72.8 Å². The van der Waals surface area contributed by atoms with E-state index < -0.39 is 28.5 Å². The fourth-order valence-electron chi connectivity index (χ4n) is 4.14. The van der Waals surface area contributed by atoms with Crippen LogP contribution in [0.1, 0.15) is 30.5 Å². The number of benzene rings is 3. The van der Waals surface area contributed by atoms with Gasteiger partial charge in [0.25, 0.3) is 0 Å². The molecule has 1 N–H and O–H groups in total. The smallest absolute Gasteiger partial charge is 0.244 e. The van der Waals surface area contributed by atoms with Gasteiger partial charge in [-0.05, 0) is 42.2 Å². The number of carbonyl (C=O) groups excluding carboxylic acids is 2. The molecule has 3 aromatic carbocycles. The van der Waals surface area contributed by atoms with Crippen molar-refractivity contribution < 1.29 is 18.0 Å². The van der Waals surface area contributed by atoms with Crippen molar-refractivity contribution in [2.45, 2.75) is 39.8 Å². The van der Waals surface area contributed by atoms with Crippen molar-refractivity contribution >= 4 is 50.7 Å². The molecule has 0 aromatic heterocycles. The molecule has 0 saturated heterocycles. The summed E-state index contributed by atoms with van der Waals surface area (Å²) in [5.74, 6) is -0.666. The normalized spacial score (nSPS) is 12.2. The summed E-state index contributed by atoms with van der Waals surface area (Å²) >= 11 is 12.5. The van der Waals surface area contributed by atoms with Crippen molar-refractivity contribution in [1.29, 1.82) is 0 Å². The Hall–Kier alpha value is -3.07. The second-order valence-corrected chi connectivity index (χ2v) is 13.0. The number of carbonyl (C=O) groups is 2. The van der Waals surface area contributed by atoms with Crippen LogP contribution in [0.3, 0.4) is 0 Å². The number of hydrogen-bond donors (Lipinski definition) is 1. The van der Waals surface area contributed by atoms with Gasteiger partial charge in [-0.3, -0.25) is 13.9 Å². The van der Waals surface area contributed by atoms with Gasteiger partial charge in [0, 0.05) is 24.5 Å². The van der Waals surface area contributed by atoms with E-state index in [2.05, 4.69) is 5.32 Å². The van der Waals surface area contributed by atoms with E-state index in [-0.39, 0.29) is 40.5 Å². The van der Waals surface area contributed by atoms with Gasteiger partial charge in [-0.25, -0.2) is 8.42 Å². The Morgan fingerprint density at radius 1 is 0.925 bits per heavy atom. The number of amides is 2. The molecule has 0 saturated carbocycles. The predicted octanol–water partition coefficient (Wildman–Crippen LogP) is 5.48. The number of nitrogens with one attached hydrogen (secondary N) is 1. The lowest BCUT2D eigenvalue weighted by molar-refractivity contribution is -0.140. The maximum Gasteiger partial charge on any atom is 0.244 e. The zero-order chi connectivity index (χ0) is 29.4. The molecule has 0 radical (unpaired) electrons. The van der Waals surface area contributed by atoms with E-state index in [0.29, 0.717) is 6.54 Å². The second-order valence-electron chi connectivity index (χ2n) is 10.2. The number of anilines is 1. The van der Waals surface area contributed by atoms with Gasteiger partial charge >= 0.3 is 0 Å². The van der Waals surface area contributed by atoms with Gasteiger partial charge in [0.15, 0.2) is 0 Å². The average molecular weight is 605 g/mol. The number of halogens is 2. The molecular weight excluding hydrogens is 569 g/mol. The van der Waals surface area contributed by atoms with E-state index in [9.17, 15) is 18.0 Å². The molecular formula is C30H35Cl2N3O4S. The molecule has 0 aliphatic carbocycles. The summed E-state index contributed by atoms with van der Waals surface area (Å²) in [5.41, 5.74) is 2.81. The molecule has 10 heteroatoms. The van der Waals surface area contributed by atoms with E-state index in [0.717, 1.165) is 27.3 Å². The highest BCUT2D eigenvalue weighted by Crippen LogP contribution is 2.31. The first kappa shape index (κ1) is 31.5. The van der Waals surface area contributed by atoms with Crippen molar-refractivity contribution in [3.63, 3.8) is 0 Å². The first-order chi connectivity index (χ1) is 18.8. The van der Waals surface area contributed by atoms with Crippen molar-refractivity contribution in [2.75, 3.05) is 23.7 Å². The minimum absolute atomic E-state index is 0.0872. The van der Waals surface area contributed by atoms with Crippen LogP contribution in [0.5, 0.6) is 0 Å². The topological polar surface area (TPSA) is 86.8 Å². The van der Waals surface area contributed by atoms with Crippen LogP contribution in [-0.2, 0) is 32.6 Å². The van der Waals surface area contributed by atoms with Crippen molar-refractivity contribution in [3.8, 4) is 0 Å². The number of aryl methyl sites for hydroxylation is 1. The van der Waals surface area contributed by atoms with E-state index in [1.807, 2.05) is 75.4 Å². The number of hydrogen-bond acceptors (Lipinski definition) is 4. The Labute approximate surface area is 247 Å². The molecule has 3 aromatic rings. The molecule has 0 aliphatic heterocycles. The molecule has 0 aliphatic rings. The van der Waals surface area contributed by atoms with Crippen molar-refractivity contribution in [3.05, 3.63) is 99.5 Å². The highest BCUT2D eigenvalue weighted by Gasteiger charge is 2.33. The van der Waals surface area contributed by atoms with Gasteiger partial charge in [0.05, 0.1) is 17.0 Å². The molecule has 0 fully saturated rings. The number of nitrogens with zero attached hydrogens (tertiary/aromatic N) is 2. The van der Waals surface area contributed by atoms with Gasteiger partial charge in [-0.1, -0.05) is 97.2 Å². The van der Waals surface area contributed by atoms with Gasteiger partial charge in [-0.15, -0.1) is 0 Å². The van der Waals surface area contributed by atoms with Crippen molar-refractivity contribution in [2.24, 2.45) is 5.92 Å². The summed E-state index contributed by atoms with van der Waals surface area (Å²) in [7, 11) is -3.95. The summed E-state index contributed by atoms with van der Waals surface area (Å²) in [6.07, 6.45) is 1.25. The third-order valence-electron chi connectivity index (χ3n) is 6.29. The van der Waals surface area contributed by atoms with Gasteiger partial charge in [-0.2, -0.15) is 0 Å². The molecule has 3 rings (SSSR count). The zero-order valence-electron chi connectivity index (χ0n) is 23.1. The summed E-state index contributed by atoms with van der Waals surface area (Å²) in [4.78, 5) is 29.1. The molecule has 2 amide bonds. The lowest BCUT2D eigenvalue weighted by Crippen LogP contribution is -2.53. The van der Waals surface area contributed by atoms with E-state index in [4.69, 9.17) is 23.2 Å². The largest absolute Gasteiger partial charge is 0.354 e. The second kappa shape index (κ2) is 14.0. The molecule has 0 bridgehead atoms. The molecule has 0 spiro atoms. The minimum atomic E-state index is -3.95. The first-order valence-corrected chi connectivity index (χ1v) is 15.5. The number of rotatable bonds is 12. The maximum atomic E-state index is 14.1. The minimum Gasteiger partial charge on any atom is -0.354 e. The number of sulfonamides is 1. The van der Waals surface area contributed by atoms with E-state index in [1.54, 1.807) is 0 Å². The Bertz CT molecular complexity index is 1410. The van der Waals surface area contributed by atoms with Gasteiger partial charge in [0.2, 0.25) is 21.8 Å². The molecule has 40 heavy (non-hydrogen) atoms. The van der Waals surface area contributed by atoms with Gasteiger partial charge < -0.3 is 10.2 Å². The molecule has 1 unspecified atom stereocenters. The Morgan fingerprint density at radius 3 is 2.17 bits per heavy atom. The van der Waals surface area contributed by atoms with Crippen LogP contribution in [-0.4, -0.2) is 50.5 Å². The Balaban J connectivity index is 2.06. The fraction of sp³-hybridized carbons (Fsp3) is 0.333. The quantitative estimate of drug-likeness (QED) is 0.297. The average Bonchev–Trinajstić information content (AvgIpc) is 2.90. The lowest BCUT2D eigenvalue weighted by Gasteiger charge is -2.34. The van der Waals surface area contributed by atoms with Crippen molar-refractivity contribution in [1.82, 2.24) is 10.2 Å². The van der Waals surface area contributed by atoms with Crippen LogP contribution in [0.2, 0.25) is 10.0 Å². The van der Waals surface area contributed by atoms with E-state index >= 15 is 0 Å². The summed E-state index contributed by atoms with van der Waals surface area (Å²) in [5, 5.41) is 3.36. The van der Waals surface area contributed by atoms with Crippen LogP contribution >= 0.6 is 23.2 Å². The summed E-state index contributed by atoms with van der Waals surface area (Å²) < 4.78 is 26.7. The predicted molar refractivity (Wildman–Crippen MR) is 162 cm³/mol. The third kappa shape index (κ3) is 8.98. The van der Waals surface area contributed by atoms with E-state index in [1.165, 1.54) is 23.1 Å². The zero-order valence-corrected chi connectivity index (χ0v) is 25.4. The third-order valence-corrected chi connectivity index (χ3v) is 7.97. The standard InChI is InChI=1S/C30H35Cl2N3O4S/c1-21(2)18-33-30(37)28(16-23-8-6-5-7-9-23)34(19-24-12-10-22(3)11-13-24)29(36)20-35(40(4,38)39)27-17-25(31)14-15-26(27)32/h5-15,17,21,28H,16,18-20H2,1-4H3,(H,33,37). The maximum absolute atomic E-state index is 14.1. The van der Waals surface area contributed by atoms with Crippen LogP contribution < -0.4 is 9.62 Å². The Kier molecular flexibility index (Phi) is 11.0. The summed E-state index contributed by atoms with van der Waals surface area (Å²) in [6.45, 7) is 5.91. The molecule has 214 valence electrons. The highest BCUT2D eigenvalue weighted by atomic mass is 35.5. The molecule has 7 nitrogen and oxygen atoms in total.